The molecule has 32 heavy (non-hydrogen) atoms. The van der Waals surface area contributed by atoms with Crippen molar-refractivity contribution in [1.29, 1.82) is 0 Å². The lowest BCUT2D eigenvalue weighted by Gasteiger charge is -2.43. The third-order valence-corrected chi connectivity index (χ3v) is 5.93. The van der Waals surface area contributed by atoms with Gasteiger partial charge in [-0.1, -0.05) is 79.1 Å². The van der Waals surface area contributed by atoms with Crippen molar-refractivity contribution in [1.82, 2.24) is 0 Å². The van der Waals surface area contributed by atoms with Gasteiger partial charge < -0.3 is 23.7 Å². The zero-order valence-corrected chi connectivity index (χ0v) is 21.3. The minimum Gasteiger partial charge on any atom is -0.379 e. The lowest BCUT2D eigenvalue weighted by Crippen LogP contribution is -2.60. The first-order valence-corrected chi connectivity index (χ1v) is 13.4. The van der Waals surface area contributed by atoms with Crippen LogP contribution in [0.5, 0.6) is 0 Å². The van der Waals surface area contributed by atoms with Gasteiger partial charge in [-0.25, -0.2) is 4.39 Å². The number of rotatable bonds is 21. The van der Waals surface area contributed by atoms with Crippen LogP contribution in [0.15, 0.2) is 0 Å². The zero-order chi connectivity index (χ0) is 23.4. The van der Waals surface area contributed by atoms with Crippen LogP contribution in [0.4, 0.5) is 4.39 Å². The standard InChI is InChI=1S/C26H51FO5/c1-5-9-13-17-28-21-22-23(29-18-14-10-6-2)24(30-19-15-11-7-3)25(26(27)32-22)31-20-16-12-8-4/h22-26H,5-21H2,1-4H3/t22-,23-,24+,25+,26+/m1/s1. The van der Waals surface area contributed by atoms with Crippen LogP contribution in [0.3, 0.4) is 0 Å². The fourth-order valence-electron chi connectivity index (χ4n) is 3.93. The van der Waals surface area contributed by atoms with E-state index in [0.29, 0.717) is 33.0 Å². The molecule has 0 amide bonds. The van der Waals surface area contributed by atoms with Crippen LogP contribution in [-0.4, -0.2) is 63.8 Å². The number of halogens is 1. The van der Waals surface area contributed by atoms with E-state index in [0.717, 1.165) is 77.0 Å². The first-order chi connectivity index (χ1) is 15.7. The molecule has 0 aromatic rings. The maximum absolute atomic E-state index is 15.1. The van der Waals surface area contributed by atoms with Gasteiger partial charge in [-0.3, -0.25) is 0 Å². The molecule has 0 spiro atoms. The molecule has 1 rings (SSSR count). The minimum absolute atomic E-state index is 0.319. The zero-order valence-electron chi connectivity index (χ0n) is 21.3. The number of hydrogen-bond donors (Lipinski definition) is 0. The van der Waals surface area contributed by atoms with Crippen LogP contribution in [-0.2, 0) is 23.7 Å². The van der Waals surface area contributed by atoms with Crippen molar-refractivity contribution >= 4 is 0 Å². The van der Waals surface area contributed by atoms with E-state index in [9.17, 15) is 0 Å². The average molecular weight is 463 g/mol. The van der Waals surface area contributed by atoms with Gasteiger partial charge in [0.1, 0.15) is 24.4 Å². The van der Waals surface area contributed by atoms with Gasteiger partial charge in [0.2, 0.25) is 6.36 Å². The maximum atomic E-state index is 15.1. The highest BCUT2D eigenvalue weighted by molar-refractivity contribution is 4.92. The van der Waals surface area contributed by atoms with E-state index in [2.05, 4.69) is 27.7 Å². The second kappa shape index (κ2) is 20.1. The van der Waals surface area contributed by atoms with Gasteiger partial charge in [0, 0.05) is 26.4 Å². The molecule has 1 saturated heterocycles. The van der Waals surface area contributed by atoms with Gasteiger partial charge in [0.25, 0.3) is 0 Å². The summed E-state index contributed by atoms with van der Waals surface area (Å²) in [6.45, 7) is 11.3. The van der Waals surface area contributed by atoms with Crippen molar-refractivity contribution in [3.8, 4) is 0 Å². The Morgan fingerprint density at radius 3 is 1.50 bits per heavy atom. The Bertz CT molecular complexity index is 412. The summed E-state index contributed by atoms with van der Waals surface area (Å²) in [5, 5.41) is 0. The molecule has 5 nitrogen and oxygen atoms in total. The van der Waals surface area contributed by atoms with Crippen LogP contribution in [0.2, 0.25) is 0 Å². The maximum Gasteiger partial charge on any atom is 0.228 e. The molecule has 0 aromatic carbocycles. The molecule has 1 aliphatic rings. The molecular formula is C26H51FO5. The van der Waals surface area contributed by atoms with E-state index in [1.165, 1.54) is 0 Å². The molecule has 192 valence electrons. The molecule has 0 saturated carbocycles. The summed E-state index contributed by atoms with van der Waals surface area (Å²) < 4.78 is 45.3. The molecule has 0 N–H and O–H groups in total. The van der Waals surface area contributed by atoms with Crippen LogP contribution < -0.4 is 0 Å². The van der Waals surface area contributed by atoms with Crippen LogP contribution in [0.1, 0.15) is 105 Å². The normalized spacial score (nSPS) is 26.0. The number of ether oxygens (including phenoxy) is 5. The van der Waals surface area contributed by atoms with Gasteiger partial charge in [-0.15, -0.1) is 0 Å². The predicted molar refractivity (Wildman–Crippen MR) is 128 cm³/mol. The second-order valence-electron chi connectivity index (χ2n) is 8.94. The smallest absolute Gasteiger partial charge is 0.228 e. The van der Waals surface area contributed by atoms with Crippen LogP contribution in [0, 0.1) is 0 Å². The number of unbranched alkanes of at least 4 members (excludes halogenated alkanes) is 8. The summed E-state index contributed by atoms with van der Waals surface area (Å²) in [6, 6.07) is 0. The van der Waals surface area contributed by atoms with Crippen molar-refractivity contribution in [3.63, 3.8) is 0 Å². The first kappa shape index (κ1) is 29.8. The highest BCUT2D eigenvalue weighted by Gasteiger charge is 2.48. The minimum atomic E-state index is -1.53. The molecule has 0 aromatic heterocycles. The molecule has 1 aliphatic heterocycles. The van der Waals surface area contributed by atoms with Gasteiger partial charge >= 0.3 is 0 Å². The van der Waals surface area contributed by atoms with Crippen LogP contribution >= 0.6 is 0 Å². The molecule has 1 fully saturated rings. The second-order valence-corrected chi connectivity index (χ2v) is 8.94. The SMILES string of the molecule is CCCCCOC[C@H]1O[C@H](F)[C@@H](OCCCCC)[C@@H](OCCCCC)[C@@H]1OCCCCC. The summed E-state index contributed by atoms with van der Waals surface area (Å²) in [5.74, 6) is 0. The molecule has 6 heteroatoms. The lowest BCUT2D eigenvalue weighted by molar-refractivity contribution is -0.293. The van der Waals surface area contributed by atoms with E-state index in [1.54, 1.807) is 0 Å². The Hall–Kier alpha value is -0.270. The van der Waals surface area contributed by atoms with Crippen molar-refractivity contribution in [3.05, 3.63) is 0 Å². The van der Waals surface area contributed by atoms with E-state index in [4.69, 9.17) is 23.7 Å². The molecule has 0 aliphatic carbocycles. The molecule has 0 bridgehead atoms. The van der Waals surface area contributed by atoms with Crippen molar-refractivity contribution in [2.75, 3.05) is 33.0 Å². The van der Waals surface area contributed by atoms with E-state index < -0.39 is 24.7 Å². The third-order valence-electron chi connectivity index (χ3n) is 5.93. The molecule has 5 atom stereocenters. The summed E-state index contributed by atoms with van der Waals surface area (Å²) >= 11 is 0. The number of alkyl halides is 1. The third kappa shape index (κ3) is 12.3. The number of hydrogen-bond acceptors (Lipinski definition) is 5. The molecular weight excluding hydrogens is 411 g/mol. The van der Waals surface area contributed by atoms with E-state index in [1.807, 2.05) is 0 Å². The van der Waals surface area contributed by atoms with Crippen molar-refractivity contribution < 1.29 is 28.1 Å². The Kier molecular flexibility index (Phi) is 18.7. The highest BCUT2D eigenvalue weighted by Crippen LogP contribution is 2.30. The largest absolute Gasteiger partial charge is 0.379 e. The summed E-state index contributed by atoms with van der Waals surface area (Å²) in [5.41, 5.74) is 0. The highest BCUT2D eigenvalue weighted by atomic mass is 19.1. The van der Waals surface area contributed by atoms with Gasteiger partial charge in [-0.2, -0.15) is 0 Å². The van der Waals surface area contributed by atoms with Crippen LogP contribution in [0.25, 0.3) is 0 Å². The Labute approximate surface area is 197 Å². The first-order valence-electron chi connectivity index (χ1n) is 13.4. The van der Waals surface area contributed by atoms with Crippen molar-refractivity contribution in [2.45, 2.75) is 136 Å². The average Bonchev–Trinajstić information content (AvgIpc) is 2.79. The summed E-state index contributed by atoms with van der Waals surface area (Å²) in [7, 11) is 0. The van der Waals surface area contributed by atoms with Gasteiger partial charge in [-0.05, 0) is 25.7 Å². The molecule has 0 radical (unpaired) electrons. The Morgan fingerprint density at radius 1 is 0.562 bits per heavy atom. The predicted octanol–water partition coefficient (Wildman–Crippen LogP) is 6.61. The summed E-state index contributed by atoms with van der Waals surface area (Å²) in [6.07, 6.45) is 9.07. The van der Waals surface area contributed by atoms with E-state index in [-0.39, 0.29) is 6.10 Å². The molecule has 0 unspecified atom stereocenters. The van der Waals surface area contributed by atoms with Gasteiger partial charge in [0.05, 0.1) is 6.61 Å². The quantitative estimate of drug-likeness (QED) is 0.180. The molecule has 1 heterocycles. The van der Waals surface area contributed by atoms with Gasteiger partial charge in [0.15, 0.2) is 0 Å². The monoisotopic (exact) mass is 462 g/mol. The lowest BCUT2D eigenvalue weighted by atomic mass is 9.98. The van der Waals surface area contributed by atoms with Crippen molar-refractivity contribution in [2.24, 2.45) is 0 Å². The topological polar surface area (TPSA) is 46.2 Å². The van der Waals surface area contributed by atoms with E-state index >= 15 is 4.39 Å². The Balaban J connectivity index is 2.83. The Morgan fingerprint density at radius 2 is 1.00 bits per heavy atom. The summed E-state index contributed by atoms with van der Waals surface area (Å²) in [4.78, 5) is 0. The fraction of sp³-hybridized carbons (Fsp3) is 1.00. The fourth-order valence-corrected chi connectivity index (χ4v) is 3.93.